The van der Waals surface area contributed by atoms with Gasteiger partial charge in [-0.1, -0.05) is 23.5 Å². The molecule has 0 unspecified atom stereocenters. The van der Waals surface area contributed by atoms with Crippen molar-refractivity contribution in [3.63, 3.8) is 0 Å². The number of benzene rings is 1. The molecule has 3 heterocycles. The van der Waals surface area contributed by atoms with E-state index < -0.39 is 11.9 Å². The first kappa shape index (κ1) is 25.3. The quantitative estimate of drug-likeness (QED) is 0.366. The molecule has 2 aromatic heterocycles. The summed E-state index contributed by atoms with van der Waals surface area (Å²) >= 11 is 1.20. The van der Waals surface area contributed by atoms with Crippen LogP contribution in [0.5, 0.6) is 0 Å². The number of nitrogens with zero attached hydrogens (tertiary/aromatic N) is 5. The number of aryl methyl sites for hydroxylation is 1. The summed E-state index contributed by atoms with van der Waals surface area (Å²) in [6.45, 7) is 7.82. The Balaban J connectivity index is 1.56. The van der Waals surface area contributed by atoms with Gasteiger partial charge < -0.3 is 25.0 Å². The van der Waals surface area contributed by atoms with Gasteiger partial charge in [0.1, 0.15) is 16.5 Å². The van der Waals surface area contributed by atoms with Crippen molar-refractivity contribution < 1.29 is 19.4 Å². The Labute approximate surface area is 213 Å². The molecule has 0 radical (unpaired) electrons. The monoisotopic (exact) mass is 511 g/mol. The van der Waals surface area contributed by atoms with Crippen molar-refractivity contribution in [3.05, 3.63) is 52.0 Å². The third-order valence-corrected chi connectivity index (χ3v) is 6.74. The fourth-order valence-corrected chi connectivity index (χ4v) is 4.52. The zero-order chi connectivity index (χ0) is 25.7. The van der Waals surface area contributed by atoms with Crippen LogP contribution in [0.3, 0.4) is 0 Å². The van der Waals surface area contributed by atoms with Gasteiger partial charge in [0, 0.05) is 38.8 Å². The molecule has 0 spiro atoms. The molecule has 1 saturated heterocycles. The number of piperazine rings is 1. The highest BCUT2D eigenvalue weighted by Gasteiger charge is 2.20. The lowest BCUT2D eigenvalue weighted by Gasteiger charge is -2.33. The molecule has 1 aliphatic heterocycles. The normalized spacial score (nSPS) is 13.9. The number of nitrogens with one attached hydrogen (secondary N) is 2. The number of rotatable bonds is 9. The van der Waals surface area contributed by atoms with Gasteiger partial charge in [0.05, 0.1) is 17.9 Å². The predicted molar refractivity (Wildman–Crippen MR) is 139 cm³/mol. The van der Waals surface area contributed by atoms with Gasteiger partial charge in [0.25, 0.3) is 0 Å². The minimum atomic E-state index is -0.957. The van der Waals surface area contributed by atoms with E-state index in [4.69, 9.17) is 14.8 Å². The zero-order valence-electron chi connectivity index (χ0n) is 20.4. The van der Waals surface area contributed by atoms with Crippen LogP contribution in [0.25, 0.3) is 0 Å². The molecule has 0 bridgehead atoms. The van der Waals surface area contributed by atoms with Crippen molar-refractivity contribution >= 4 is 46.0 Å². The van der Waals surface area contributed by atoms with Crippen molar-refractivity contribution in [3.8, 4) is 0 Å². The number of thiazole rings is 1. The Hall–Kier alpha value is -3.77. The zero-order valence-corrected chi connectivity index (χ0v) is 21.3. The van der Waals surface area contributed by atoms with Crippen molar-refractivity contribution in [1.82, 2.24) is 19.9 Å². The number of hydrogen-bond donors (Lipinski definition) is 3. The van der Waals surface area contributed by atoms with Gasteiger partial charge in [-0.05, 0) is 38.6 Å². The van der Waals surface area contributed by atoms with Crippen LogP contribution in [0.1, 0.15) is 38.2 Å². The van der Waals surface area contributed by atoms with E-state index in [0.29, 0.717) is 40.6 Å². The number of anilines is 4. The minimum absolute atomic E-state index is 0.241. The van der Waals surface area contributed by atoms with E-state index >= 15 is 0 Å². The van der Waals surface area contributed by atoms with Crippen LogP contribution in [0.2, 0.25) is 0 Å². The highest BCUT2D eigenvalue weighted by molar-refractivity contribution is 7.17. The second-order valence-corrected chi connectivity index (χ2v) is 9.36. The molecular weight excluding hydrogens is 482 g/mol. The van der Waals surface area contributed by atoms with Gasteiger partial charge in [-0.2, -0.15) is 9.97 Å². The number of carboxylic acids is 1. The second-order valence-electron chi connectivity index (χ2n) is 8.36. The maximum atomic E-state index is 12.2. The number of likely N-dealkylation sites (N-methyl/N-ethyl adjacent to an activating group) is 1. The first-order valence-corrected chi connectivity index (χ1v) is 12.4. The van der Waals surface area contributed by atoms with Crippen LogP contribution in [0.15, 0.2) is 30.3 Å². The summed E-state index contributed by atoms with van der Waals surface area (Å²) < 4.78 is 5.11. The van der Waals surface area contributed by atoms with E-state index in [1.807, 2.05) is 6.07 Å². The lowest BCUT2D eigenvalue weighted by molar-refractivity contribution is 0.0530. The first-order chi connectivity index (χ1) is 17.3. The number of aromatic nitrogens is 3. The lowest BCUT2D eigenvalue weighted by atomic mass is 10.1. The highest BCUT2D eigenvalue weighted by atomic mass is 32.1. The number of ether oxygens (including phenoxy) is 1. The number of aromatic carboxylic acids is 1. The van der Waals surface area contributed by atoms with Gasteiger partial charge in [-0.15, -0.1) is 0 Å². The number of carboxylic acid groups (broad SMARTS) is 1. The summed E-state index contributed by atoms with van der Waals surface area (Å²) in [6, 6.07) is 8.60. The van der Waals surface area contributed by atoms with E-state index in [1.165, 1.54) is 11.3 Å². The molecule has 4 rings (SSSR count). The van der Waals surface area contributed by atoms with E-state index in [9.17, 15) is 9.59 Å². The average molecular weight is 512 g/mol. The SMILES string of the molecule is CCOC(=O)c1sc(Nc2nc(NCc3ccc(C(=O)O)cc3)cc(N3CCN(C)CC3)n2)nc1C. The molecule has 1 fully saturated rings. The molecule has 3 N–H and O–H groups in total. The molecule has 12 heteroatoms. The van der Waals surface area contributed by atoms with Crippen molar-refractivity contribution in [1.29, 1.82) is 0 Å². The van der Waals surface area contributed by atoms with Crippen LogP contribution in [-0.4, -0.2) is 76.7 Å². The Morgan fingerprint density at radius 2 is 1.83 bits per heavy atom. The first-order valence-electron chi connectivity index (χ1n) is 11.6. The van der Waals surface area contributed by atoms with Crippen LogP contribution in [0.4, 0.5) is 22.7 Å². The van der Waals surface area contributed by atoms with E-state index in [2.05, 4.69) is 37.4 Å². The fraction of sp³-hybridized carbons (Fsp3) is 0.375. The smallest absolute Gasteiger partial charge is 0.350 e. The Kier molecular flexibility index (Phi) is 7.96. The molecule has 0 aliphatic carbocycles. The van der Waals surface area contributed by atoms with Crippen LogP contribution >= 0.6 is 11.3 Å². The van der Waals surface area contributed by atoms with Crippen LogP contribution in [-0.2, 0) is 11.3 Å². The fourth-order valence-electron chi connectivity index (χ4n) is 3.67. The maximum Gasteiger partial charge on any atom is 0.350 e. The Morgan fingerprint density at radius 3 is 2.50 bits per heavy atom. The number of carbonyl (C=O) groups excluding carboxylic acids is 1. The maximum absolute atomic E-state index is 12.2. The summed E-state index contributed by atoms with van der Waals surface area (Å²) in [7, 11) is 2.10. The van der Waals surface area contributed by atoms with Crippen molar-refractivity contribution in [2.75, 3.05) is 55.4 Å². The number of carbonyl (C=O) groups is 2. The minimum Gasteiger partial charge on any atom is -0.478 e. The third-order valence-electron chi connectivity index (χ3n) is 5.69. The second kappa shape index (κ2) is 11.3. The van der Waals surface area contributed by atoms with E-state index in [0.717, 1.165) is 37.6 Å². The summed E-state index contributed by atoms with van der Waals surface area (Å²) in [4.78, 5) is 42.0. The molecule has 36 heavy (non-hydrogen) atoms. The summed E-state index contributed by atoms with van der Waals surface area (Å²) in [5.41, 5.74) is 1.74. The third kappa shape index (κ3) is 6.26. The van der Waals surface area contributed by atoms with E-state index in [-0.39, 0.29) is 5.56 Å². The topological polar surface area (TPSA) is 133 Å². The molecule has 1 aromatic carbocycles. The van der Waals surface area contributed by atoms with Crippen molar-refractivity contribution in [2.45, 2.75) is 20.4 Å². The Morgan fingerprint density at radius 1 is 1.11 bits per heavy atom. The average Bonchev–Trinajstić information content (AvgIpc) is 3.23. The molecule has 190 valence electrons. The molecule has 1 aliphatic rings. The van der Waals surface area contributed by atoms with Gasteiger partial charge in [0.2, 0.25) is 5.95 Å². The van der Waals surface area contributed by atoms with Crippen LogP contribution in [0, 0.1) is 6.92 Å². The van der Waals surface area contributed by atoms with Crippen LogP contribution < -0.4 is 15.5 Å². The van der Waals surface area contributed by atoms with Gasteiger partial charge in [0.15, 0.2) is 5.13 Å². The summed E-state index contributed by atoms with van der Waals surface area (Å²) in [6.07, 6.45) is 0. The van der Waals surface area contributed by atoms with Gasteiger partial charge in [-0.3, -0.25) is 5.32 Å². The standard InChI is InChI=1S/C24H29N7O4S/c1-4-35-22(34)20-15(2)26-24(36-20)29-23-27-18(13-19(28-23)31-11-9-30(3)10-12-31)25-14-16-5-7-17(8-6-16)21(32)33/h5-8,13H,4,9-12,14H2,1-3H3,(H,32,33)(H2,25,26,27,28,29). The van der Waals surface area contributed by atoms with Gasteiger partial charge >= 0.3 is 11.9 Å². The summed E-state index contributed by atoms with van der Waals surface area (Å²) in [5, 5.41) is 16.1. The molecule has 11 nitrogen and oxygen atoms in total. The molecule has 0 amide bonds. The lowest BCUT2D eigenvalue weighted by Crippen LogP contribution is -2.44. The Bertz CT molecular complexity index is 1220. The molecule has 3 aromatic rings. The van der Waals surface area contributed by atoms with Crippen molar-refractivity contribution in [2.24, 2.45) is 0 Å². The van der Waals surface area contributed by atoms with Gasteiger partial charge in [-0.25, -0.2) is 14.6 Å². The number of hydrogen-bond acceptors (Lipinski definition) is 11. The molecule has 0 saturated carbocycles. The summed E-state index contributed by atoms with van der Waals surface area (Å²) in [5.74, 6) is 0.399. The highest BCUT2D eigenvalue weighted by Crippen LogP contribution is 2.27. The predicted octanol–water partition coefficient (Wildman–Crippen LogP) is 3.22. The number of esters is 1. The molecular formula is C24H29N7O4S. The van der Waals surface area contributed by atoms with E-state index in [1.54, 1.807) is 38.1 Å². The molecule has 0 atom stereocenters. The largest absolute Gasteiger partial charge is 0.478 e.